The van der Waals surface area contributed by atoms with E-state index >= 15 is 4.39 Å². The molecule has 2 amide bonds. The molecule has 0 fully saturated rings. The first-order valence-corrected chi connectivity index (χ1v) is 12.5. The Labute approximate surface area is 208 Å². The number of benzene rings is 1. The Balaban J connectivity index is 2.51. The van der Waals surface area contributed by atoms with Crippen LogP contribution in [-0.4, -0.2) is 42.2 Å². The second-order valence-electron chi connectivity index (χ2n) is 7.83. The predicted molar refractivity (Wildman–Crippen MR) is 128 cm³/mol. The molecule has 0 unspecified atom stereocenters. The van der Waals surface area contributed by atoms with Crippen LogP contribution in [0.5, 0.6) is 0 Å². The van der Waals surface area contributed by atoms with Crippen LogP contribution in [0.25, 0.3) is 0 Å². The maximum Gasteiger partial charge on any atom is 0.334 e. The zero-order valence-corrected chi connectivity index (χ0v) is 21.3. The van der Waals surface area contributed by atoms with Gasteiger partial charge in [0, 0.05) is 22.5 Å². The summed E-state index contributed by atoms with van der Waals surface area (Å²) in [6.07, 6.45) is 1.51. The minimum absolute atomic E-state index is 0.0324. The van der Waals surface area contributed by atoms with Gasteiger partial charge in [-0.15, -0.1) is 11.8 Å². The molecule has 0 aliphatic heterocycles. The van der Waals surface area contributed by atoms with Gasteiger partial charge in [-0.25, -0.2) is 14.1 Å². The van der Waals surface area contributed by atoms with Gasteiger partial charge in [-0.2, -0.15) is 0 Å². The number of nitrogens with zero attached hydrogens (tertiary/aromatic N) is 1. The molecule has 0 atom stereocenters. The molecule has 1 aliphatic carbocycles. The summed E-state index contributed by atoms with van der Waals surface area (Å²) in [7, 11) is 0. The zero-order chi connectivity index (χ0) is 25.4. The molecule has 0 spiro atoms. The lowest BCUT2D eigenvalue weighted by Crippen LogP contribution is -2.39. The van der Waals surface area contributed by atoms with E-state index in [4.69, 9.17) is 21.1 Å². The molecule has 10 heteroatoms. The number of anilines is 1. The molecular weight excluding hydrogens is 485 g/mol. The van der Waals surface area contributed by atoms with Gasteiger partial charge in [0.25, 0.3) is 5.91 Å². The molecule has 186 valence electrons. The standard InChI is InChI=1S/C24H29ClFNO6S/c1-5-21(28)27(23(30)15-9-7-8-10-16(15)24(31)33-14(3)4)19-12-20(17(25)11-18(19)26)34-13-22(29)32-6-2/h11-12,14H,5-10,13H2,1-4H3. The molecule has 2 rings (SSSR count). The molecule has 1 aromatic carbocycles. The molecule has 0 aromatic heterocycles. The number of esters is 2. The van der Waals surface area contributed by atoms with Gasteiger partial charge in [-0.05, 0) is 58.6 Å². The smallest absolute Gasteiger partial charge is 0.334 e. The number of amides is 2. The highest BCUT2D eigenvalue weighted by molar-refractivity contribution is 8.00. The van der Waals surface area contributed by atoms with E-state index in [0.717, 1.165) is 22.7 Å². The van der Waals surface area contributed by atoms with Crippen LogP contribution >= 0.6 is 23.4 Å². The molecule has 0 radical (unpaired) electrons. The summed E-state index contributed by atoms with van der Waals surface area (Å²) in [6, 6.07) is 2.26. The fourth-order valence-electron chi connectivity index (χ4n) is 3.44. The fraction of sp³-hybridized carbons (Fsp3) is 0.500. The van der Waals surface area contributed by atoms with Gasteiger partial charge in [-0.1, -0.05) is 18.5 Å². The van der Waals surface area contributed by atoms with Crippen molar-refractivity contribution in [1.82, 2.24) is 0 Å². The van der Waals surface area contributed by atoms with Crippen molar-refractivity contribution in [3.63, 3.8) is 0 Å². The van der Waals surface area contributed by atoms with Gasteiger partial charge in [0.15, 0.2) is 0 Å². The summed E-state index contributed by atoms with van der Waals surface area (Å²) in [4.78, 5) is 51.8. The number of imide groups is 1. The predicted octanol–water partition coefficient (Wildman–Crippen LogP) is 5.23. The van der Waals surface area contributed by atoms with Gasteiger partial charge in [0.2, 0.25) is 5.91 Å². The lowest BCUT2D eigenvalue weighted by Gasteiger charge is -2.26. The van der Waals surface area contributed by atoms with E-state index in [2.05, 4.69) is 0 Å². The summed E-state index contributed by atoms with van der Waals surface area (Å²) >= 11 is 7.16. The SMILES string of the molecule is CCOC(=O)CSc1cc(N(C(=O)CC)C(=O)C2=C(C(=O)OC(C)C)CCCC2)c(F)cc1Cl. The number of thioether (sulfide) groups is 1. The number of hydrogen-bond acceptors (Lipinski definition) is 7. The highest BCUT2D eigenvalue weighted by Gasteiger charge is 2.33. The summed E-state index contributed by atoms with van der Waals surface area (Å²) in [5.41, 5.74) is 0.0705. The van der Waals surface area contributed by atoms with E-state index in [1.165, 1.54) is 6.07 Å². The van der Waals surface area contributed by atoms with E-state index in [-0.39, 0.29) is 53.2 Å². The highest BCUT2D eigenvalue weighted by Crippen LogP contribution is 2.36. The first-order chi connectivity index (χ1) is 16.1. The number of halogens is 2. The van der Waals surface area contributed by atoms with Crippen LogP contribution in [0.4, 0.5) is 10.1 Å². The second kappa shape index (κ2) is 12.9. The molecule has 34 heavy (non-hydrogen) atoms. The van der Waals surface area contributed by atoms with Gasteiger partial charge in [-0.3, -0.25) is 14.4 Å². The number of carbonyl (C=O) groups is 4. The molecule has 0 saturated heterocycles. The van der Waals surface area contributed by atoms with Gasteiger partial charge < -0.3 is 9.47 Å². The van der Waals surface area contributed by atoms with Crippen molar-refractivity contribution in [3.8, 4) is 0 Å². The largest absolute Gasteiger partial charge is 0.465 e. The maximum atomic E-state index is 15.0. The van der Waals surface area contributed by atoms with E-state index in [0.29, 0.717) is 24.2 Å². The minimum atomic E-state index is -0.872. The van der Waals surface area contributed by atoms with Crippen LogP contribution in [0.1, 0.15) is 59.8 Å². The zero-order valence-electron chi connectivity index (χ0n) is 19.7. The molecule has 0 heterocycles. The minimum Gasteiger partial charge on any atom is -0.465 e. The van der Waals surface area contributed by atoms with Crippen molar-refractivity contribution in [2.75, 3.05) is 17.3 Å². The summed E-state index contributed by atoms with van der Waals surface area (Å²) in [5, 5.41) is 0.0324. The van der Waals surface area contributed by atoms with E-state index in [1.54, 1.807) is 27.7 Å². The van der Waals surface area contributed by atoms with Crippen molar-refractivity contribution >= 4 is 52.8 Å². The quantitative estimate of drug-likeness (QED) is 0.330. The average Bonchev–Trinajstić information content (AvgIpc) is 2.79. The Bertz CT molecular complexity index is 994. The van der Waals surface area contributed by atoms with Gasteiger partial charge in [0.05, 0.1) is 29.2 Å². The van der Waals surface area contributed by atoms with Gasteiger partial charge >= 0.3 is 11.9 Å². The number of carbonyl (C=O) groups excluding carboxylic acids is 4. The number of hydrogen-bond donors (Lipinski definition) is 0. The number of ether oxygens (including phenoxy) is 2. The second-order valence-corrected chi connectivity index (χ2v) is 9.26. The van der Waals surface area contributed by atoms with Crippen LogP contribution < -0.4 is 4.90 Å². The third kappa shape index (κ3) is 7.06. The van der Waals surface area contributed by atoms with Crippen LogP contribution in [-0.2, 0) is 28.7 Å². The monoisotopic (exact) mass is 513 g/mol. The molecule has 0 bridgehead atoms. The fourth-order valence-corrected chi connectivity index (χ4v) is 4.50. The van der Waals surface area contributed by atoms with E-state index < -0.39 is 29.6 Å². The van der Waals surface area contributed by atoms with Crippen molar-refractivity contribution < 1.29 is 33.0 Å². The molecule has 0 N–H and O–H groups in total. The van der Waals surface area contributed by atoms with Crippen molar-refractivity contribution in [1.29, 1.82) is 0 Å². The van der Waals surface area contributed by atoms with Crippen LogP contribution in [0.15, 0.2) is 28.2 Å². The Morgan fingerprint density at radius 1 is 1.12 bits per heavy atom. The van der Waals surface area contributed by atoms with Crippen molar-refractivity contribution in [3.05, 3.63) is 34.1 Å². The maximum absolute atomic E-state index is 15.0. The van der Waals surface area contributed by atoms with Crippen molar-refractivity contribution in [2.45, 2.75) is 70.8 Å². The topological polar surface area (TPSA) is 90.0 Å². The van der Waals surface area contributed by atoms with Gasteiger partial charge in [0.1, 0.15) is 5.82 Å². The van der Waals surface area contributed by atoms with E-state index in [9.17, 15) is 19.2 Å². The highest BCUT2D eigenvalue weighted by atomic mass is 35.5. The first kappa shape index (κ1) is 27.9. The van der Waals surface area contributed by atoms with Crippen LogP contribution in [0, 0.1) is 5.82 Å². The van der Waals surface area contributed by atoms with E-state index in [1.807, 2.05) is 0 Å². The molecule has 1 aliphatic rings. The Hall–Kier alpha value is -2.39. The molecule has 1 aromatic rings. The lowest BCUT2D eigenvalue weighted by molar-refractivity contribution is -0.143. The summed E-state index contributed by atoms with van der Waals surface area (Å²) in [5.74, 6) is -3.43. The van der Waals surface area contributed by atoms with Crippen LogP contribution in [0.2, 0.25) is 5.02 Å². The van der Waals surface area contributed by atoms with Crippen molar-refractivity contribution in [2.24, 2.45) is 0 Å². The Morgan fingerprint density at radius 2 is 1.76 bits per heavy atom. The summed E-state index contributed by atoms with van der Waals surface area (Å²) in [6.45, 7) is 6.85. The number of rotatable bonds is 9. The lowest BCUT2D eigenvalue weighted by atomic mass is 9.90. The summed E-state index contributed by atoms with van der Waals surface area (Å²) < 4.78 is 25.2. The normalized spacial score (nSPS) is 13.6. The Morgan fingerprint density at radius 3 is 2.35 bits per heavy atom. The molecule has 0 saturated carbocycles. The first-order valence-electron chi connectivity index (χ1n) is 11.2. The third-order valence-corrected chi connectivity index (χ3v) is 6.42. The Kier molecular flexibility index (Phi) is 10.6. The third-order valence-electron chi connectivity index (χ3n) is 4.96. The molecular formula is C24H29ClFNO6S. The molecule has 7 nitrogen and oxygen atoms in total. The average molecular weight is 514 g/mol. The van der Waals surface area contributed by atoms with Crippen LogP contribution in [0.3, 0.4) is 0 Å².